The molecule has 2 aromatic rings. The number of hydrogen-bond donors (Lipinski definition) is 0. The molecule has 0 aliphatic rings. The predicted molar refractivity (Wildman–Crippen MR) is 64.6 cm³/mol. The second-order valence-electron chi connectivity index (χ2n) is 3.75. The first-order valence-corrected chi connectivity index (χ1v) is 5.78. The molecular formula is C12H9BrNO3-. The van der Waals surface area contributed by atoms with Crippen molar-refractivity contribution in [1.29, 1.82) is 0 Å². The predicted octanol–water partition coefficient (Wildman–Crippen LogP) is 1.36. The van der Waals surface area contributed by atoms with Crippen LogP contribution < -0.4 is 5.11 Å². The van der Waals surface area contributed by atoms with Gasteiger partial charge in [-0.1, -0.05) is 15.9 Å². The highest BCUT2D eigenvalue weighted by atomic mass is 79.9. The molecule has 5 heteroatoms. The molecule has 4 nitrogen and oxygen atoms in total. The van der Waals surface area contributed by atoms with Crippen LogP contribution in [0.3, 0.4) is 0 Å². The summed E-state index contributed by atoms with van der Waals surface area (Å²) in [6.45, 7) is 1.43. The fourth-order valence-corrected chi connectivity index (χ4v) is 2.19. The first-order chi connectivity index (χ1) is 7.99. The van der Waals surface area contributed by atoms with Gasteiger partial charge in [0.1, 0.15) is 0 Å². The number of rotatable bonds is 2. The molecule has 1 aromatic heterocycles. The smallest absolute Gasteiger partial charge is 0.227 e. The van der Waals surface area contributed by atoms with Crippen molar-refractivity contribution in [3.63, 3.8) is 0 Å². The summed E-state index contributed by atoms with van der Waals surface area (Å²) in [5, 5.41) is 11.4. The Morgan fingerprint density at radius 2 is 2.12 bits per heavy atom. The van der Waals surface area contributed by atoms with E-state index in [1.807, 2.05) is 6.07 Å². The van der Waals surface area contributed by atoms with E-state index in [0.717, 1.165) is 9.86 Å². The third-order valence-corrected chi connectivity index (χ3v) is 3.02. The van der Waals surface area contributed by atoms with Crippen LogP contribution in [-0.2, 0) is 11.2 Å². The van der Waals surface area contributed by atoms with Gasteiger partial charge in [-0.3, -0.25) is 9.36 Å². The van der Waals surface area contributed by atoms with Crippen LogP contribution in [0.1, 0.15) is 17.3 Å². The van der Waals surface area contributed by atoms with Gasteiger partial charge in [-0.25, -0.2) is 0 Å². The number of nitrogens with zero attached hydrogens (tertiary/aromatic N) is 1. The zero-order valence-electron chi connectivity index (χ0n) is 9.07. The van der Waals surface area contributed by atoms with Crippen LogP contribution in [0.4, 0.5) is 0 Å². The minimum atomic E-state index is -1.16. The maximum Gasteiger partial charge on any atom is 0.227 e. The minimum Gasteiger partial charge on any atom is -0.550 e. The Labute approximate surface area is 106 Å². The lowest BCUT2D eigenvalue weighted by Gasteiger charge is -2.00. The van der Waals surface area contributed by atoms with Gasteiger partial charge in [-0.15, -0.1) is 0 Å². The Hall–Kier alpha value is -1.62. The largest absolute Gasteiger partial charge is 0.550 e. The average molecular weight is 295 g/mol. The van der Waals surface area contributed by atoms with Crippen LogP contribution in [0.5, 0.6) is 0 Å². The number of carboxylic acids is 1. The van der Waals surface area contributed by atoms with Crippen LogP contribution in [0.25, 0.3) is 10.9 Å². The third kappa shape index (κ3) is 2.24. The molecule has 0 fully saturated rings. The Morgan fingerprint density at radius 3 is 2.71 bits per heavy atom. The molecule has 0 aliphatic carbocycles. The van der Waals surface area contributed by atoms with E-state index in [0.29, 0.717) is 11.1 Å². The van der Waals surface area contributed by atoms with E-state index >= 15 is 0 Å². The highest BCUT2D eigenvalue weighted by Gasteiger charge is 2.11. The molecule has 17 heavy (non-hydrogen) atoms. The Balaban J connectivity index is 2.70. The van der Waals surface area contributed by atoms with Gasteiger partial charge in [0.05, 0.1) is 5.52 Å². The van der Waals surface area contributed by atoms with Crippen molar-refractivity contribution in [2.24, 2.45) is 0 Å². The van der Waals surface area contributed by atoms with Crippen molar-refractivity contribution >= 4 is 38.7 Å². The van der Waals surface area contributed by atoms with E-state index in [-0.39, 0.29) is 12.3 Å². The molecule has 0 radical (unpaired) electrons. The molecule has 0 amide bonds. The lowest BCUT2D eigenvalue weighted by atomic mass is 10.1. The summed E-state index contributed by atoms with van der Waals surface area (Å²) in [5.74, 6) is -1.31. The monoisotopic (exact) mass is 294 g/mol. The van der Waals surface area contributed by atoms with Gasteiger partial charge in [-0.2, -0.15) is 0 Å². The summed E-state index contributed by atoms with van der Waals surface area (Å²) in [5.41, 5.74) is 1.29. The number of benzene rings is 1. The number of fused-ring (bicyclic) bond motifs is 1. The van der Waals surface area contributed by atoms with E-state index in [1.165, 1.54) is 11.5 Å². The van der Waals surface area contributed by atoms with Gasteiger partial charge in [0.2, 0.25) is 5.91 Å². The van der Waals surface area contributed by atoms with Gasteiger partial charge < -0.3 is 9.90 Å². The standard InChI is InChI=1S/C12H10BrNO3/c1-7(15)14-6-8(4-12(16)17)10-5-9(13)2-3-11(10)14/h2-3,5-6H,4H2,1H3,(H,16,17)/p-1. The summed E-state index contributed by atoms with van der Waals surface area (Å²) in [6, 6.07) is 5.39. The number of halogens is 1. The summed E-state index contributed by atoms with van der Waals surface area (Å²) >= 11 is 3.32. The van der Waals surface area contributed by atoms with Gasteiger partial charge >= 0.3 is 0 Å². The highest BCUT2D eigenvalue weighted by Crippen LogP contribution is 2.25. The molecule has 0 saturated heterocycles. The maximum atomic E-state index is 11.4. The number of hydrogen-bond acceptors (Lipinski definition) is 3. The van der Waals surface area contributed by atoms with Crippen molar-refractivity contribution < 1.29 is 14.7 Å². The van der Waals surface area contributed by atoms with Crippen LogP contribution >= 0.6 is 15.9 Å². The second kappa shape index (κ2) is 4.33. The maximum absolute atomic E-state index is 11.4. The van der Waals surface area contributed by atoms with Crippen molar-refractivity contribution in [3.8, 4) is 0 Å². The molecular weight excluding hydrogens is 286 g/mol. The molecule has 0 bridgehead atoms. The first-order valence-electron chi connectivity index (χ1n) is 4.99. The third-order valence-electron chi connectivity index (χ3n) is 2.52. The Bertz CT molecular complexity index is 615. The number of carbonyl (C=O) groups is 2. The lowest BCUT2D eigenvalue weighted by Crippen LogP contribution is -2.24. The molecule has 0 unspecified atom stereocenters. The number of aromatic nitrogens is 1. The normalized spacial score (nSPS) is 10.7. The van der Waals surface area contributed by atoms with E-state index in [1.54, 1.807) is 18.3 Å². The molecule has 2 rings (SSSR count). The van der Waals surface area contributed by atoms with Crippen LogP contribution in [0.15, 0.2) is 28.9 Å². The van der Waals surface area contributed by atoms with Crippen molar-refractivity contribution in [2.45, 2.75) is 13.3 Å². The fourth-order valence-electron chi connectivity index (χ4n) is 1.83. The SMILES string of the molecule is CC(=O)n1cc(CC(=O)[O-])c2cc(Br)ccc21. The van der Waals surface area contributed by atoms with Crippen LogP contribution in [-0.4, -0.2) is 16.4 Å². The average Bonchev–Trinajstić information content (AvgIpc) is 2.56. The topological polar surface area (TPSA) is 62.1 Å². The number of aliphatic carboxylic acids is 1. The molecule has 0 N–H and O–H groups in total. The molecule has 1 aromatic carbocycles. The van der Waals surface area contributed by atoms with Crippen LogP contribution in [0, 0.1) is 0 Å². The van der Waals surface area contributed by atoms with Crippen LogP contribution in [0.2, 0.25) is 0 Å². The van der Waals surface area contributed by atoms with Crippen molar-refractivity contribution in [2.75, 3.05) is 0 Å². The van der Waals surface area contributed by atoms with Crippen molar-refractivity contribution in [3.05, 3.63) is 34.4 Å². The zero-order chi connectivity index (χ0) is 12.6. The number of carboxylic acid groups (broad SMARTS) is 1. The molecule has 0 aliphatic heterocycles. The van der Waals surface area contributed by atoms with E-state index < -0.39 is 5.97 Å². The summed E-state index contributed by atoms with van der Waals surface area (Å²) < 4.78 is 2.28. The number of carbonyl (C=O) groups excluding carboxylic acids is 2. The van der Waals surface area contributed by atoms with E-state index in [4.69, 9.17) is 0 Å². The fraction of sp³-hybridized carbons (Fsp3) is 0.167. The minimum absolute atomic E-state index is 0.151. The molecule has 88 valence electrons. The molecule has 1 heterocycles. The molecule has 0 atom stereocenters. The van der Waals surface area contributed by atoms with Gasteiger partial charge in [-0.05, 0) is 23.8 Å². The highest BCUT2D eigenvalue weighted by molar-refractivity contribution is 9.10. The summed E-state index contributed by atoms with van der Waals surface area (Å²) in [6.07, 6.45) is 1.35. The summed E-state index contributed by atoms with van der Waals surface area (Å²) in [7, 11) is 0. The Morgan fingerprint density at radius 1 is 1.41 bits per heavy atom. The quantitative estimate of drug-likeness (QED) is 0.840. The first kappa shape index (κ1) is 11.9. The zero-order valence-corrected chi connectivity index (χ0v) is 10.7. The molecule has 0 saturated carbocycles. The van der Waals surface area contributed by atoms with Gasteiger partial charge in [0, 0.05) is 35.4 Å². The van der Waals surface area contributed by atoms with Gasteiger partial charge in [0.15, 0.2) is 0 Å². The van der Waals surface area contributed by atoms with E-state index in [9.17, 15) is 14.7 Å². The van der Waals surface area contributed by atoms with Gasteiger partial charge in [0.25, 0.3) is 0 Å². The van der Waals surface area contributed by atoms with Crippen molar-refractivity contribution in [1.82, 2.24) is 4.57 Å². The summed E-state index contributed by atoms with van der Waals surface area (Å²) in [4.78, 5) is 22.1. The Kier molecular flexibility index (Phi) is 3.02. The second-order valence-corrected chi connectivity index (χ2v) is 4.67. The van der Waals surface area contributed by atoms with E-state index in [2.05, 4.69) is 15.9 Å². The lowest BCUT2D eigenvalue weighted by molar-refractivity contribution is -0.304. The molecule has 0 spiro atoms.